The predicted molar refractivity (Wildman–Crippen MR) is 111 cm³/mol. The molecular formula is C20H29N3O7S. The number of rotatable bonds is 6. The molecular weight excluding hydrogens is 426 g/mol. The van der Waals surface area contributed by atoms with Gasteiger partial charge in [-0.1, -0.05) is 0 Å². The van der Waals surface area contributed by atoms with Crippen molar-refractivity contribution in [2.75, 3.05) is 65.7 Å². The third kappa shape index (κ3) is 5.66. The van der Waals surface area contributed by atoms with Crippen LogP contribution >= 0.6 is 0 Å². The summed E-state index contributed by atoms with van der Waals surface area (Å²) in [6.45, 7) is 6.74. The molecule has 1 aromatic rings. The van der Waals surface area contributed by atoms with E-state index < -0.39 is 10.0 Å². The number of benzene rings is 1. The summed E-state index contributed by atoms with van der Waals surface area (Å²) < 4.78 is 42.8. The molecule has 2 aliphatic rings. The molecule has 3 rings (SSSR count). The van der Waals surface area contributed by atoms with Crippen LogP contribution in [0.1, 0.15) is 12.5 Å². The molecule has 31 heavy (non-hydrogen) atoms. The number of nitrogens with zero attached hydrogens (tertiary/aromatic N) is 3. The van der Waals surface area contributed by atoms with E-state index in [0.717, 1.165) is 0 Å². The highest BCUT2D eigenvalue weighted by molar-refractivity contribution is 7.89. The first-order valence-corrected chi connectivity index (χ1v) is 11.8. The number of hydrogen-bond acceptors (Lipinski definition) is 7. The molecule has 1 aromatic carbocycles. The van der Waals surface area contributed by atoms with Crippen LogP contribution in [0.2, 0.25) is 0 Å². The summed E-state index contributed by atoms with van der Waals surface area (Å²) in [4.78, 5) is 27.6. The molecule has 2 amide bonds. The molecule has 172 valence electrons. The Labute approximate surface area is 182 Å². The Morgan fingerprint density at radius 2 is 1.68 bits per heavy atom. The van der Waals surface area contributed by atoms with Gasteiger partial charge in [0.25, 0.3) is 5.91 Å². The number of carbonyl (C=O) groups excluding carboxylic acids is 2. The van der Waals surface area contributed by atoms with E-state index in [4.69, 9.17) is 14.2 Å². The average molecular weight is 456 g/mol. The van der Waals surface area contributed by atoms with Crippen LogP contribution in [0.25, 0.3) is 0 Å². The number of ether oxygens (including phenoxy) is 3. The third-order valence-corrected chi connectivity index (χ3v) is 7.16. The molecule has 2 aliphatic heterocycles. The second kappa shape index (κ2) is 10.3. The fourth-order valence-electron chi connectivity index (χ4n) is 3.46. The zero-order valence-electron chi connectivity index (χ0n) is 17.9. The van der Waals surface area contributed by atoms with Gasteiger partial charge in [-0.3, -0.25) is 4.79 Å². The summed E-state index contributed by atoms with van der Waals surface area (Å²) in [6, 6.07) is 4.63. The van der Waals surface area contributed by atoms with Gasteiger partial charge >= 0.3 is 6.09 Å². The summed E-state index contributed by atoms with van der Waals surface area (Å²) >= 11 is 0. The van der Waals surface area contributed by atoms with Gasteiger partial charge in [-0.25, -0.2) is 13.2 Å². The number of piperazine rings is 1. The lowest BCUT2D eigenvalue weighted by Crippen LogP contribution is -2.51. The monoisotopic (exact) mass is 455 g/mol. The molecule has 0 unspecified atom stereocenters. The van der Waals surface area contributed by atoms with Gasteiger partial charge in [0, 0.05) is 39.3 Å². The van der Waals surface area contributed by atoms with Crippen LogP contribution in [0, 0.1) is 6.92 Å². The number of morpholine rings is 1. The fraction of sp³-hybridized carbons (Fsp3) is 0.600. The first-order valence-electron chi connectivity index (χ1n) is 10.3. The van der Waals surface area contributed by atoms with Crippen molar-refractivity contribution in [1.82, 2.24) is 14.1 Å². The highest BCUT2D eigenvalue weighted by Crippen LogP contribution is 2.24. The van der Waals surface area contributed by atoms with Crippen molar-refractivity contribution < 1.29 is 32.2 Å². The zero-order chi connectivity index (χ0) is 22.4. The van der Waals surface area contributed by atoms with E-state index in [1.807, 2.05) is 0 Å². The first-order chi connectivity index (χ1) is 14.8. The van der Waals surface area contributed by atoms with Crippen molar-refractivity contribution >= 4 is 22.0 Å². The van der Waals surface area contributed by atoms with Gasteiger partial charge in [-0.05, 0) is 37.6 Å². The second-order valence-electron chi connectivity index (χ2n) is 7.30. The van der Waals surface area contributed by atoms with E-state index in [9.17, 15) is 18.0 Å². The lowest BCUT2D eigenvalue weighted by Gasteiger charge is -2.34. The molecule has 0 aliphatic carbocycles. The predicted octanol–water partition coefficient (Wildman–Crippen LogP) is 0.695. The maximum Gasteiger partial charge on any atom is 0.409 e. The maximum atomic E-state index is 12.8. The molecule has 0 saturated carbocycles. The SMILES string of the molecule is CCOC(=O)N1CCN(C(=O)COc2ccc(S(=O)(=O)N3CCOCC3)cc2C)CC1. The molecule has 0 bridgehead atoms. The van der Waals surface area contributed by atoms with E-state index in [-0.39, 0.29) is 23.5 Å². The topological polar surface area (TPSA) is 106 Å². The van der Waals surface area contributed by atoms with Gasteiger partial charge in [0.05, 0.1) is 24.7 Å². The minimum atomic E-state index is -3.59. The molecule has 0 spiro atoms. The Kier molecular flexibility index (Phi) is 7.74. The van der Waals surface area contributed by atoms with Gasteiger partial charge < -0.3 is 24.0 Å². The normalized spacial score (nSPS) is 18.0. The largest absolute Gasteiger partial charge is 0.483 e. The number of amides is 2. The summed E-state index contributed by atoms with van der Waals surface area (Å²) in [6.07, 6.45) is -0.367. The van der Waals surface area contributed by atoms with E-state index in [2.05, 4.69) is 0 Å². The molecule has 0 aromatic heterocycles. The highest BCUT2D eigenvalue weighted by Gasteiger charge is 2.27. The van der Waals surface area contributed by atoms with Crippen LogP contribution < -0.4 is 4.74 Å². The molecule has 0 radical (unpaired) electrons. The van der Waals surface area contributed by atoms with Crippen LogP contribution in [0.4, 0.5) is 4.79 Å². The van der Waals surface area contributed by atoms with E-state index >= 15 is 0 Å². The Bertz CT molecular complexity index is 892. The van der Waals surface area contributed by atoms with Crippen molar-refractivity contribution in [3.05, 3.63) is 23.8 Å². The van der Waals surface area contributed by atoms with Crippen LogP contribution in [0.5, 0.6) is 5.75 Å². The molecule has 11 heteroatoms. The molecule has 10 nitrogen and oxygen atoms in total. The minimum Gasteiger partial charge on any atom is -0.483 e. The van der Waals surface area contributed by atoms with E-state index in [0.29, 0.717) is 70.4 Å². The van der Waals surface area contributed by atoms with Crippen LogP contribution in [0.15, 0.2) is 23.1 Å². The van der Waals surface area contributed by atoms with Crippen LogP contribution in [-0.4, -0.2) is 100 Å². The molecule has 0 atom stereocenters. The summed E-state index contributed by atoms with van der Waals surface area (Å²) in [5.74, 6) is 0.271. The number of sulfonamides is 1. The lowest BCUT2D eigenvalue weighted by molar-refractivity contribution is -0.134. The lowest BCUT2D eigenvalue weighted by atomic mass is 10.2. The van der Waals surface area contributed by atoms with Crippen molar-refractivity contribution in [2.24, 2.45) is 0 Å². The maximum absolute atomic E-state index is 12.8. The Balaban J connectivity index is 1.54. The summed E-state index contributed by atoms with van der Waals surface area (Å²) in [7, 11) is -3.59. The smallest absolute Gasteiger partial charge is 0.409 e. The molecule has 2 saturated heterocycles. The number of aryl methyl sites for hydroxylation is 1. The van der Waals surface area contributed by atoms with Crippen LogP contribution in [-0.2, 0) is 24.3 Å². The van der Waals surface area contributed by atoms with Gasteiger partial charge in [0.2, 0.25) is 10.0 Å². The Morgan fingerprint density at radius 1 is 1.03 bits per heavy atom. The fourth-order valence-corrected chi connectivity index (χ4v) is 4.96. The van der Waals surface area contributed by atoms with Gasteiger partial charge in [-0.2, -0.15) is 4.31 Å². The van der Waals surface area contributed by atoms with Crippen molar-refractivity contribution in [2.45, 2.75) is 18.7 Å². The van der Waals surface area contributed by atoms with Gasteiger partial charge in [0.1, 0.15) is 5.75 Å². The summed E-state index contributed by atoms with van der Waals surface area (Å²) in [5, 5.41) is 0. The van der Waals surface area contributed by atoms with Crippen molar-refractivity contribution in [3.63, 3.8) is 0 Å². The minimum absolute atomic E-state index is 0.157. The van der Waals surface area contributed by atoms with Crippen molar-refractivity contribution in [1.29, 1.82) is 0 Å². The number of carbonyl (C=O) groups is 2. The molecule has 2 heterocycles. The van der Waals surface area contributed by atoms with Gasteiger partial charge in [0.15, 0.2) is 6.61 Å². The Hall–Kier alpha value is -2.37. The van der Waals surface area contributed by atoms with Crippen molar-refractivity contribution in [3.8, 4) is 5.75 Å². The first kappa shape index (κ1) is 23.3. The second-order valence-corrected chi connectivity index (χ2v) is 9.24. The Morgan fingerprint density at radius 3 is 2.29 bits per heavy atom. The molecule has 0 N–H and O–H groups in total. The van der Waals surface area contributed by atoms with Gasteiger partial charge in [-0.15, -0.1) is 0 Å². The molecule has 2 fully saturated rings. The zero-order valence-corrected chi connectivity index (χ0v) is 18.7. The quantitative estimate of drug-likeness (QED) is 0.622. The standard InChI is InChI=1S/C20H29N3O7S/c1-3-29-20(25)22-8-6-21(7-9-22)19(24)15-30-18-5-4-17(14-16(18)2)31(26,27)23-10-12-28-13-11-23/h4-5,14H,3,6-13,15H2,1-2H3. The van der Waals surface area contributed by atoms with E-state index in [1.54, 1.807) is 35.8 Å². The van der Waals surface area contributed by atoms with Crippen LogP contribution in [0.3, 0.4) is 0 Å². The number of hydrogen-bond donors (Lipinski definition) is 0. The average Bonchev–Trinajstić information content (AvgIpc) is 2.79. The van der Waals surface area contributed by atoms with E-state index in [1.165, 1.54) is 10.4 Å². The highest BCUT2D eigenvalue weighted by atomic mass is 32.2. The summed E-state index contributed by atoms with van der Waals surface area (Å²) in [5.41, 5.74) is 0.634. The third-order valence-electron chi connectivity index (χ3n) is 5.26.